The Hall–Kier alpha value is -4.67. The van der Waals surface area contributed by atoms with Crippen LogP contribution in [0.1, 0.15) is 43.6 Å². The lowest BCUT2D eigenvalue weighted by Crippen LogP contribution is -2.53. The first-order valence-electron chi connectivity index (χ1n) is 14.6. The van der Waals surface area contributed by atoms with Crippen LogP contribution in [0, 0.1) is 11.8 Å². The molecular weight excluding hydrogens is 631 g/mol. The topological polar surface area (TPSA) is 196 Å². The number of fused-ring (bicyclic) bond motifs is 1. The van der Waals surface area contributed by atoms with E-state index in [1.807, 2.05) is 19.9 Å². The number of H-pyrrole nitrogens is 1. The number of benzene rings is 1. The van der Waals surface area contributed by atoms with Crippen molar-refractivity contribution in [3.05, 3.63) is 30.0 Å². The van der Waals surface area contributed by atoms with Crippen LogP contribution in [0.25, 0.3) is 10.9 Å². The number of aromatic nitrogens is 1. The molecule has 0 radical (unpaired) electrons. The van der Waals surface area contributed by atoms with Crippen LogP contribution in [0.15, 0.2) is 24.3 Å². The van der Waals surface area contributed by atoms with Crippen molar-refractivity contribution in [2.24, 2.45) is 11.8 Å². The number of ether oxygens (including phenoxy) is 2. The Labute approximate surface area is 268 Å². The number of alkyl halides is 3. The Bertz CT molecular complexity index is 1440. The summed E-state index contributed by atoms with van der Waals surface area (Å²) in [7, 11) is 4.93. The first kappa shape index (κ1) is 38.5. The molecule has 2 heterocycles. The molecule has 260 valence electrons. The number of nitrogens with zero attached hydrogens (tertiary/aromatic N) is 1. The number of hydrogen-bond donors (Lipinski definition) is 5. The fourth-order valence-electron chi connectivity index (χ4n) is 4.62. The first-order chi connectivity index (χ1) is 21.9. The number of carbonyl (C=O) groups excluding carboxylic acids is 5. The lowest BCUT2D eigenvalue weighted by molar-refractivity contribution is -0.192. The van der Waals surface area contributed by atoms with Crippen LogP contribution in [-0.2, 0) is 28.7 Å². The molecule has 3 rings (SSSR count). The lowest BCUT2D eigenvalue weighted by Gasteiger charge is -2.25. The Kier molecular flexibility index (Phi) is 14.2. The summed E-state index contributed by atoms with van der Waals surface area (Å²) in [5.74, 6) is -4.94. The second-order valence-electron chi connectivity index (χ2n) is 11.5. The molecule has 0 unspecified atom stereocenters. The van der Waals surface area contributed by atoms with Gasteiger partial charge in [-0.15, -0.1) is 0 Å². The summed E-state index contributed by atoms with van der Waals surface area (Å²) < 4.78 is 42.2. The molecule has 1 aliphatic heterocycles. The number of hydrogen-bond acceptors (Lipinski definition) is 9. The standard InChI is InChI=1S/C28H39N5O7.C2HF3O2/c1-16(2)11-21(32-28(38)22-13-18-19(30-22)7-6-8-24(18)39-5)27(37)31-20(12-17-9-10-29-26(17)36)23(34)15-40-25(35)14-33(3)4;3-2(4,5)1(6)7/h6-8,13,16-17,20-21,30H,9-12,14-15H2,1-5H3,(H,29,36)(H,31,37)(H,32,38);(H,6,7)/t17-,20-,21-;/m0./s1. The SMILES string of the molecule is COc1cccc2[nH]c(C(=O)N[C@@H](CC(C)C)C(=O)N[C@@H](C[C@@H]3CCNC3=O)C(=O)COC(=O)CN(C)C)cc12.O=C(O)C(F)(F)F. The van der Waals surface area contributed by atoms with Gasteiger partial charge in [0.25, 0.3) is 5.91 Å². The van der Waals surface area contributed by atoms with Gasteiger partial charge in [0.1, 0.15) is 17.5 Å². The zero-order valence-electron chi connectivity index (χ0n) is 26.7. The van der Waals surface area contributed by atoms with Crippen molar-refractivity contribution in [2.75, 3.05) is 40.9 Å². The van der Waals surface area contributed by atoms with Crippen molar-refractivity contribution >= 4 is 46.3 Å². The smallest absolute Gasteiger partial charge is 0.490 e. The van der Waals surface area contributed by atoms with E-state index in [0.29, 0.717) is 30.7 Å². The Balaban J connectivity index is 0.000000984. The zero-order valence-corrected chi connectivity index (χ0v) is 26.7. The highest BCUT2D eigenvalue weighted by atomic mass is 19.4. The van der Waals surface area contributed by atoms with Gasteiger partial charge >= 0.3 is 18.1 Å². The van der Waals surface area contributed by atoms with E-state index < -0.39 is 60.3 Å². The molecule has 2 aromatic rings. The highest BCUT2D eigenvalue weighted by Gasteiger charge is 2.38. The minimum Gasteiger partial charge on any atom is -0.496 e. The number of carboxylic acid groups (broad SMARTS) is 1. The summed E-state index contributed by atoms with van der Waals surface area (Å²) in [5, 5.41) is 16.1. The molecular formula is C30H40F3N5O9. The van der Waals surface area contributed by atoms with Gasteiger partial charge in [0.15, 0.2) is 12.4 Å². The third kappa shape index (κ3) is 12.2. The highest BCUT2D eigenvalue weighted by molar-refractivity contribution is 6.02. The second kappa shape index (κ2) is 17.3. The van der Waals surface area contributed by atoms with Gasteiger partial charge in [-0.2, -0.15) is 13.2 Å². The number of carbonyl (C=O) groups is 6. The Morgan fingerprint density at radius 3 is 2.30 bits per heavy atom. The van der Waals surface area contributed by atoms with Crippen LogP contribution in [0.4, 0.5) is 13.2 Å². The number of rotatable bonds is 14. The molecule has 14 nitrogen and oxygen atoms in total. The molecule has 5 N–H and O–H groups in total. The van der Waals surface area contributed by atoms with Crippen molar-refractivity contribution in [3.63, 3.8) is 0 Å². The molecule has 3 atom stereocenters. The quantitative estimate of drug-likeness (QED) is 0.184. The number of ketones is 1. The van der Waals surface area contributed by atoms with Crippen molar-refractivity contribution in [1.29, 1.82) is 0 Å². The van der Waals surface area contributed by atoms with Gasteiger partial charge in [0.05, 0.1) is 19.7 Å². The van der Waals surface area contributed by atoms with Crippen LogP contribution in [0.2, 0.25) is 0 Å². The second-order valence-corrected chi connectivity index (χ2v) is 11.5. The van der Waals surface area contributed by atoms with Crippen LogP contribution < -0.4 is 20.7 Å². The molecule has 1 saturated heterocycles. The van der Waals surface area contributed by atoms with E-state index >= 15 is 0 Å². The van der Waals surface area contributed by atoms with E-state index in [4.69, 9.17) is 19.4 Å². The number of nitrogens with one attached hydrogen (secondary N) is 4. The average molecular weight is 672 g/mol. The predicted octanol–water partition coefficient (Wildman–Crippen LogP) is 1.64. The van der Waals surface area contributed by atoms with E-state index in [1.54, 1.807) is 44.3 Å². The van der Waals surface area contributed by atoms with Crippen molar-refractivity contribution in [2.45, 2.75) is 51.4 Å². The molecule has 1 aromatic heterocycles. The van der Waals surface area contributed by atoms with Crippen LogP contribution in [0.3, 0.4) is 0 Å². The molecule has 1 fully saturated rings. The van der Waals surface area contributed by atoms with E-state index in [1.165, 1.54) is 0 Å². The van der Waals surface area contributed by atoms with E-state index in [-0.39, 0.29) is 30.5 Å². The van der Waals surface area contributed by atoms with Gasteiger partial charge in [0.2, 0.25) is 11.8 Å². The van der Waals surface area contributed by atoms with Crippen LogP contribution >= 0.6 is 0 Å². The van der Waals surface area contributed by atoms with Gasteiger partial charge in [-0.3, -0.25) is 28.9 Å². The Morgan fingerprint density at radius 1 is 1.11 bits per heavy atom. The lowest BCUT2D eigenvalue weighted by atomic mass is 9.95. The van der Waals surface area contributed by atoms with Gasteiger partial charge in [-0.05, 0) is 57.5 Å². The largest absolute Gasteiger partial charge is 0.496 e. The number of likely N-dealkylation sites (N-methyl/N-ethyl adjacent to an activating group) is 1. The van der Waals surface area contributed by atoms with Crippen LogP contribution in [0.5, 0.6) is 5.75 Å². The minimum absolute atomic E-state index is 0.00252. The number of esters is 1. The average Bonchev–Trinajstić information content (AvgIpc) is 3.60. The molecule has 47 heavy (non-hydrogen) atoms. The molecule has 0 spiro atoms. The van der Waals surface area contributed by atoms with Crippen molar-refractivity contribution in [1.82, 2.24) is 25.8 Å². The van der Waals surface area contributed by atoms with Crippen molar-refractivity contribution in [3.8, 4) is 5.75 Å². The third-order valence-corrected chi connectivity index (χ3v) is 6.87. The molecule has 0 saturated carbocycles. The summed E-state index contributed by atoms with van der Waals surface area (Å²) in [6.45, 7) is 3.77. The normalized spacial score (nSPS) is 15.7. The van der Waals surface area contributed by atoms with E-state index in [9.17, 15) is 37.1 Å². The summed E-state index contributed by atoms with van der Waals surface area (Å²) >= 11 is 0. The van der Waals surface area contributed by atoms with Gasteiger partial charge in [-0.1, -0.05) is 19.9 Å². The highest BCUT2D eigenvalue weighted by Crippen LogP contribution is 2.26. The number of Topliss-reactive ketones (excluding diaryl/α,β-unsaturated/α-hetero) is 1. The maximum atomic E-state index is 13.4. The number of aromatic amines is 1. The fraction of sp³-hybridized carbons (Fsp3) is 0.533. The number of methoxy groups -OCH3 is 1. The monoisotopic (exact) mass is 671 g/mol. The fourth-order valence-corrected chi connectivity index (χ4v) is 4.62. The maximum Gasteiger partial charge on any atom is 0.490 e. The number of amides is 3. The molecule has 1 aliphatic rings. The minimum atomic E-state index is -5.08. The van der Waals surface area contributed by atoms with Crippen LogP contribution in [-0.4, -0.2) is 110 Å². The maximum absolute atomic E-state index is 13.4. The predicted molar refractivity (Wildman–Crippen MR) is 161 cm³/mol. The van der Waals surface area contributed by atoms with E-state index in [0.717, 1.165) is 5.39 Å². The summed E-state index contributed by atoms with van der Waals surface area (Å²) in [4.78, 5) is 77.4. The first-order valence-corrected chi connectivity index (χ1v) is 14.6. The van der Waals surface area contributed by atoms with Gasteiger partial charge in [0, 0.05) is 23.4 Å². The number of aliphatic carboxylic acids is 1. The molecule has 1 aromatic carbocycles. The number of halogens is 3. The molecule has 17 heteroatoms. The van der Waals surface area contributed by atoms with E-state index in [2.05, 4.69) is 20.9 Å². The third-order valence-electron chi connectivity index (χ3n) is 6.87. The summed E-state index contributed by atoms with van der Waals surface area (Å²) in [6, 6.07) is 5.02. The Morgan fingerprint density at radius 2 is 1.77 bits per heavy atom. The summed E-state index contributed by atoms with van der Waals surface area (Å²) in [6.07, 6.45) is -4.19. The molecule has 0 bridgehead atoms. The molecule has 0 aliphatic carbocycles. The summed E-state index contributed by atoms with van der Waals surface area (Å²) in [5.41, 5.74) is 0.961. The molecule has 3 amide bonds. The number of carboxylic acids is 1. The van der Waals surface area contributed by atoms with Gasteiger partial charge < -0.3 is 35.5 Å². The van der Waals surface area contributed by atoms with Crippen molar-refractivity contribution < 1.29 is 56.5 Å². The zero-order chi connectivity index (χ0) is 35.5. The van der Waals surface area contributed by atoms with Gasteiger partial charge in [-0.25, -0.2) is 4.79 Å².